The molecule has 4 N–H and O–H groups in total. The van der Waals surface area contributed by atoms with Crippen molar-refractivity contribution in [2.75, 3.05) is 11.9 Å². The van der Waals surface area contributed by atoms with Crippen LogP contribution >= 0.6 is 0 Å². The van der Waals surface area contributed by atoms with Crippen molar-refractivity contribution in [1.82, 2.24) is 10.3 Å². The first-order chi connectivity index (χ1) is 12.1. The molecule has 0 bridgehead atoms. The predicted octanol–water partition coefficient (Wildman–Crippen LogP) is 3.62. The third-order valence-corrected chi connectivity index (χ3v) is 3.95. The number of H-pyrrole nitrogens is 1. The molecule has 2 aromatic carbocycles. The number of benzene rings is 2. The highest BCUT2D eigenvalue weighted by Crippen LogP contribution is 2.23. The van der Waals surface area contributed by atoms with E-state index >= 15 is 0 Å². The summed E-state index contributed by atoms with van der Waals surface area (Å²) in [6.45, 7) is 0.456. The Bertz CT molecular complexity index is 887. The van der Waals surface area contributed by atoms with Crippen LogP contribution in [0.1, 0.15) is 22.5 Å². The van der Waals surface area contributed by atoms with E-state index < -0.39 is 5.97 Å². The van der Waals surface area contributed by atoms with Crippen molar-refractivity contribution in [3.63, 3.8) is 0 Å². The highest BCUT2D eigenvalue weighted by atomic mass is 16.4. The lowest BCUT2D eigenvalue weighted by Gasteiger charge is -2.07. The van der Waals surface area contributed by atoms with Crippen LogP contribution in [0.3, 0.4) is 0 Å². The minimum Gasteiger partial charge on any atom is -0.477 e. The monoisotopic (exact) mass is 337 g/mol. The first kappa shape index (κ1) is 16.6. The third-order valence-electron chi connectivity index (χ3n) is 3.95. The molecule has 6 nitrogen and oxygen atoms in total. The highest BCUT2D eigenvalue weighted by molar-refractivity contribution is 5.97. The molecule has 0 radical (unpaired) electrons. The molecule has 0 aliphatic heterocycles. The molecule has 3 rings (SSSR count). The number of hydrogen-bond acceptors (Lipinski definition) is 2. The van der Waals surface area contributed by atoms with Crippen molar-refractivity contribution < 1.29 is 14.7 Å². The van der Waals surface area contributed by atoms with E-state index in [1.807, 2.05) is 54.6 Å². The number of para-hydroxylation sites is 2. The summed E-state index contributed by atoms with van der Waals surface area (Å²) in [6.07, 6.45) is 1.21. The Kier molecular flexibility index (Phi) is 4.99. The van der Waals surface area contributed by atoms with E-state index in [4.69, 9.17) is 0 Å². The molecule has 0 spiro atoms. The zero-order valence-corrected chi connectivity index (χ0v) is 13.6. The minimum atomic E-state index is -0.971. The van der Waals surface area contributed by atoms with Gasteiger partial charge in [0.05, 0.1) is 0 Å². The fourth-order valence-corrected chi connectivity index (χ4v) is 2.81. The summed E-state index contributed by atoms with van der Waals surface area (Å²) < 4.78 is 0. The maximum atomic E-state index is 11.8. The molecule has 0 atom stereocenters. The average molecular weight is 337 g/mol. The van der Waals surface area contributed by atoms with E-state index in [1.54, 1.807) is 0 Å². The Hall–Kier alpha value is -3.28. The van der Waals surface area contributed by atoms with E-state index in [0.29, 0.717) is 19.4 Å². The van der Waals surface area contributed by atoms with Gasteiger partial charge in [-0.05, 0) is 36.6 Å². The Morgan fingerprint density at radius 1 is 1.00 bits per heavy atom. The lowest BCUT2D eigenvalue weighted by atomic mass is 10.1. The second-order valence-corrected chi connectivity index (χ2v) is 5.68. The molecule has 0 aliphatic carbocycles. The molecule has 0 fully saturated rings. The molecule has 1 heterocycles. The SMILES string of the molecule is O=C(NCCCc1c(C(=O)O)[nH]c2ccccc12)Nc1ccccc1. The summed E-state index contributed by atoms with van der Waals surface area (Å²) in [5, 5.41) is 15.8. The van der Waals surface area contributed by atoms with Gasteiger partial charge < -0.3 is 20.7 Å². The van der Waals surface area contributed by atoms with Gasteiger partial charge in [-0.3, -0.25) is 0 Å². The van der Waals surface area contributed by atoms with E-state index in [2.05, 4.69) is 15.6 Å². The number of amides is 2. The average Bonchev–Trinajstić information content (AvgIpc) is 2.99. The van der Waals surface area contributed by atoms with Crippen LogP contribution in [0.2, 0.25) is 0 Å². The second-order valence-electron chi connectivity index (χ2n) is 5.68. The molecule has 0 unspecified atom stereocenters. The van der Waals surface area contributed by atoms with Crippen LogP contribution in [0.4, 0.5) is 10.5 Å². The van der Waals surface area contributed by atoms with Gasteiger partial charge in [-0.1, -0.05) is 36.4 Å². The Balaban J connectivity index is 1.57. The van der Waals surface area contributed by atoms with Crippen molar-refractivity contribution in [2.24, 2.45) is 0 Å². The normalized spacial score (nSPS) is 10.6. The Labute approximate surface area is 144 Å². The molecule has 0 saturated heterocycles. The maximum Gasteiger partial charge on any atom is 0.352 e. The first-order valence-electron chi connectivity index (χ1n) is 8.08. The summed E-state index contributed by atoms with van der Waals surface area (Å²) in [6, 6.07) is 16.4. The molecule has 3 aromatic rings. The van der Waals surface area contributed by atoms with Gasteiger partial charge >= 0.3 is 12.0 Å². The van der Waals surface area contributed by atoms with Crippen LogP contribution in [0.5, 0.6) is 0 Å². The smallest absolute Gasteiger partial charge is 0.352 e. The van der Waals surface area contributed by atoms with Crippen LogP contribution in [0.15, 0.2) is 54.6 Å². The molecule has 25 heavy (non-hydrogen) atoms. The first-order valence-corrected chi connectivity index (χ1v) is 8.08. The van der Waals surface area contributed by atoms with E-state index in [0.717, 1.165) is 22.2 Å². The number of carbonyl (C=O) groups excluding carboxylic acids is 1. The molecule has 0 saturated carbocycles. The van der Waals surface area contributed by atoms with Gasteiger partial charge in [0, 0.05) is 23.1 Å². The number of carbonyl (C=O) groups is 2. The number of rotatable bonds is 6. The number of anilines is 1. The predicted molar refractivity (Wildman–Crippen MR) is 97.0 cm³/mol. The largest absolute Gasteiger partial charge is 0.477 e. The lowest BCUT2D eigenvalue weighted by Crippen LogP contribution is -2.29. The zero-order chi connectivity index (χ0) is 17.6. The number of hydrogen-bond donors (Lipinski definition) is 4. The summed E-state index contributed by atoms with van der Waals surface area (Å²) in [4.78, 5) is 26.2. The van der Waals surface area contributed by atoms with E-state index in [-0.39, 0.29) is 11.7 Å². The highest BCUT2D eigenvalue weighted by Gasteiger charge is 2.16. The van der Waals surface area contributed by atoms with Gasteiger partial charge in [0.15, 0.2) is 0 Å². The molecule has 1 aromatic heterocycles. The summed E-state index contributed by atoms with van der Waals surface area (Å²) in [5.41, 5.74) is 2.53. The summed E-state index contributed by atoms with van der Waals surface area (Å²) >= 11 is 0. The van der Waals surface area contributed by atoms with Crippen molar-refractivity contribution in [3.8, 4) is 0 Å². The topological polar surface area (TPSA) is 94.2 Å². The third kappa shape index (κ3) is 3.98. The number of aromatic amines is 1. The number of aromatic carboxylic acids is 1. The molecule has 0 aliphatic rings. The molecular formula is C19H19N3O3. The van der Waals surface area contributed by atoms with E-state index in [9.17, 15) is 14.7 Å². The minimum absolute atomic E-state index is 0.218. The van der Waals surface area contributed by atoms with Crippen molar-refractivity contribution in [1.29, 1.82) is 0 Å². The fourth-order valence-electron chi connectivity index (χ4n) is 2.81. The fraction of sp³-hybridized carbons (Fsp3) is 0.158. The van der Waals surface area contributed by atoms with Crippen LogP contribution in [0, 0.1) is 0 Å². The molecule has 6 heteroatoms. The van der Waals surface area contributed by atoms with Gasteiger partial charge in [0.2, 0.25) is 0 Å². The maximum absolute atomic E-state index is 11.8. The van der Waals surface area contributed by atoms with Gasteiger partial charge in [-0.15, -0.1) is 0 Å². The van der Waals surface area contributed by atoms with Crippen molar-refractivity contribution in [3.05, 3.63) is 65.9 Å². The number of fused-ring (bicyclic) bond motifs is 1. The standard InChI is InChI=1S/C19H19N3O3/c23-18(24)17-15(14-9-4-5-11-16(14)22-17)10-6-12-20-19(25)21-13-7-2-1-3-8-13/h1-5,7-9,11,22H,6,10,12H2,(H,23,24)(H2,20,21,25). The number of carboxylic acid groups (broad SMARTS) is 1. The van der Waals surface area contributed by atoms with Gasteiger partial charge in [0.1, 0.15) is 5.69 Å². The molecular weight excluding hydrogens is 318 g/mol. The number of urea groups is 1. The number of carboxylic acids is 1. The van der Waals surface area contributed by atoms with Gasteiger partial charge in [0.25, 0.3) is 0 Å². The van der Waals surface area contributed by atoms with Crippen LogP contribution in [-0.2, 0) is 6.42 Å². The quantitative estimate of drug-likeness (QED) is 0.517. The lowest BCUT2D eigenvalue weighted by molar-refractivity contribution is 0.0690. The summed E-state index contributed by atoms with van der Waals surface area (Å²) in [5.74, 6) is -0.971. The number of aryl methyl sites for hydroxylation is 1. The van der Waals surface area contributed by atoms with Crippen molar-refractivity contribution >= 4 is 28.6 Å². The van der Waals surface area contributed by atoms with Gasteiger partial charge in [-0.25, -0.2) is 9.59 Å². The van der Waals surface area contributed by atoms with Crippen LogP contribution < -0.4 is 10.6 Å². The Morgan fingerprint density at radius 2 is 1.72 bits per heavy atom. The second kappa shape index (κ2) is 7.53. The Morgan fingerprint density at radius 3 is 2.48 bits per heavy atom. The zero-order valence-electron chi connectivity index (χ0n) is 13.6. The van der Waals surface area contributed by atoms with Crippen LogP contribution in [-0.4, -0.2) is 28.6 Å². The van der Waals surface area contributed by atoms with Crippen LogP contribution in [0.25, 0.3) is 10.9 Å². The van der Waals surface area contributed by atoms with Crippen molar-refractivity contribution in [2.45, 2.75) is 12.8 Å². The van der Waals surface area contributed by atoms with E-state index in [1.165, 1.54) is 0 Å². The van der Waals surface area contributed by atoms with Gasteiger partial charge in [-0.2, -0.15) is 0 Å². The number of aromatic nitrogens is 1. The molecule has 2 amide bonds. The molecule has 128 valence electrons. The number of nitrogens with one attached hydrogen (secondary N) is 3. The summed E-state index contributed by atoms with van der Waals surface area (Å²) in [7, 11) is 0.